The first-order valence-electron chi connectivity index (χ1n) is 12.3. The fraction of sp³-hybridized carbons (Fsp3) is 0.129. The summed E-state index contributed by atoms with van der Waals surface area (Å²) in [6.45, 7) is 3.02. The smallest absolute Gasteiger partial charge is 0.258 e. The first-order chi connectivity index (χ1) is 18.1. The fourth-order valence-electron chi connectivity index (χ4n) is 4.90. The molecule has 0 spiro atoms. The lowest BCUT2D eigenvalue weighted by atomic mass is 10.1. The van der Waals surface area contributed by atoms with E-state index in [4.69, 9.17) is 4.42 Å². The van der Waals surface area contributed by atoms with Crippen LogP contribution in [0.3, 0.4) is 0 Å². The summed E-state index contributed by atoms with van der Waals surface area (Å²) in [7, 11) is 0. The number of aromatic nitrogens is 1. The third kappa shape index (κ3) is 4.38. The number of hydrogen-bond donors (Lipinski definition) is 1. The molecule has 3 aromatic carbocycles. The molecular weight excluding hydrogens is 462 g/mol. The SMILES string of the molecule is Cc1cccc(C(=O)N2CCc3cc(CNC(=O)c4cc(-c5ccco5)nc5ccccc45)ccc32)c1. The monoisotopic (exact) mass is 487 g/mol. The Morgan fingerprint density at radius 2 is 1.86 bits per heavy atom. The van der Waals surface area contributed by atoms with Crippen molar-refractivity contribution < 1.29 is 14.0 Å². The van der Waals surface area contributed by atoms with Crippen LogP contribution in [0.1, 0.15) is 37.4 Å². The number of aryl methyl sites for hydroxylation is 1. The number of nitrogens with one attached hydrogen (secondary N) is 1. The van der Waals surface area contributed by atoms with E-state index in [0.717, 1.165) is 39.7 Å². The van der Waals surface area contributed by atoms with Crippen LogP contribution in [0.4, 0.5) is 5.69 Å². The summed E-state index contributed by atoms with van der Waals surface area (Å²) < 4.78 is 5.51. The number of fused-ring (bicyclic) bond motifs is 2. The molecule has 1 N–H and O–H groups in total. The normalized spacial score (nSPS) is 12.5. The fourth-order valence-corrected chi connectivity index (χ4v) is 4.90. The van der Waals surface area contributed by atoms with Gasteiger partial charge in [0.25, 0.3) is 11.8 Å². The summed E-state index contributed by atoms with van der Waals surface area (Å²) in [6, 6.07) is 26.7. The first kappa shape index (κ1) is 22.7. The second-order valence-corrected chi connectivity index (χ2v) is 9.27. The van der Waals surface area contributed by atoms with Gasteiger partial charge >= 0.3 is 0 Å². The van der Waals surface area contributed by atoms with E-state index in [2.05, 4.69) is 16.4 Å². The van der Waals surface area contributed by atoms with Crippen LogP contribution in [0.15, 0.2) is 95.6 Å². The van der Waals surface area contributed by atoms with Gasteiger partial charge in [-0.15, -0.1) is 0 Å². The molecule has 0 bridgehead atoms. The topological polar surface area (TPSA) is 75.4 Å². The Labute approximate surface area is 214 Å². The summed E-state index contributed by atoms with van der Waals surface area (Å²) in [5.41, 5.74) is 6.70. The molecule has 0 aliphatic carbocycles. The number of carbonyl (C=O) groups excluding carboxylic acids is 2. The molecule has 182 valence electrons. The molecule has 0 radical (unpaired) electrons. The maximum atomic E-state index is 13.3. The zero-order chi connectivity index (χ0) is 25.4. The Morgan fingerprint density at radius 1 is 0.973 bits per heavy atom. The van der Waals surface area contributed by atoms with Crippen molar-refractivity contribution >= 4 is 28.4 Å². The van der Waals surface area contributed by atoms with Gasteiger partial charge < -0.3 is 14.6 Å². The highest BCUT2D eigenvalue weighted by atomic mass is 16.3. The number of benzene rings is 3. The van der Waals surface area contributed by atoms with Crippen molar-refractivity contribution in [2.45, 2.75) is 19.9 Å². The Balaban J connectivity index is 1.21. The summed E-state index contributed by atoms with van der Waals surface area (Å²) in [5, 5.41) is 3.85. The van der Waals surface area contributed by atoms with Crippen LogP contribution < -0.4 is 10.2 Å². The highest BCUT2D eigenvalue weighted by molar-refractivity contribution is 6.08. The van der Waals surface area contributed by atoms with Crippen molar-refractivity contribution in [3.63, 3.8) is 0 Å². The maximum Gasteiger partial charge on any atom is 0.258 e. The van der Waals surface area contributed by atoms with E-state index < -0.39 is 0 Å². The van der Waals surface area contributed by atoms with Gasteiger partial charge in [-0.3, -0.25) is 9.59 Å². The van der Waals surface area contributed by atoms with Crippen molar-refractivity contribution in [2.24, 2.45) is 0 Å². The lowest BCUT2D eigenvalue weighted by molar-refractivity contribution is 0.0951. The van der Waals surface area contributed by atoms with Crippen LogP contribution in [0.5, 0.6) is 0 Å². The Morgan fingerprint density at radius 3 is 2.70 bits per heavy atom. The Kier molecular flexibility index (Phi) is 5.77. The van der Waals surface area contributed by atoms with Gasteiger partial charge in [0.05, 0.1) is 17.3 Å². The quantitative estimate of drug-likeness (QED) is 0.333. The van der Waals surface area contributed by atoms with Crippen molar-refractivity contribution in [1.29, 1.82) is 0 Å². The van der Waals surface area contributed by atoms with Crippen LogP contribution >= 0.6 is 0 Å². The highest BCUT2D eigenvalue weighted by Crippen LogP contribution is 2.31. The third-order valence-electron chi connectivity index (χ3n) is 6.74. The van der Waals surface area contributed by atoms with Crippen LogP contribution in [0.25, 0.3) is 22.4 Å². The third-order valence-corrected chi connectivity index (χ3v) is 6.74. The van der Waals surface area contributed by atoms with Crippen molar-refractivity contribution in [2.75, 3.05) is 11.4 Å². The summed E-state index contributed by atoms with van der Waals surface area (Å²) in [5.74, 6) is 0.451. The minimum Gasteiger partial charge on any atom is -0.463 e. The number of pyridine rings is 1. The van der Waals surface area contributed by atoms with Gasteiger partial charge in [-0.1, -0.05) is 48.0 Å². The van der Waals surface area contributed by atoms with Gasteiger partial charge in [-0.05, 0) is 66.9 Å². The zero-order valence-electron chi connectivity index (χ0n) is 20.4. The van der Waals surface area contributed by atoms with E-state index in [9.17, 15) is 9.59 Å². The molecule has 2 amide bonds. The van der Waals surface area contributed by atoms with E-state index in [1.54, 1.807) is 18.4 Å². The van der Waals surface area contributed by atoms with Crippen molar-refractivity contribution in [1.82, 2.24) is 10.3 Å². The molecule has 2 aromatic heterocycles. The molecule has 37 heavy (non-hydrogen) atoms. The van der Waals surface area contributed by atoms with Crippen LogP contribution in [0.2, 0.25) is 0 Å². The minimum absolute atomic E-state index is 0.0143. The van der Waals surface area contributed by atoms with E-state index >= 15 is 0 Å². The molecule has 0 saturated heterocycles. The minimum atomic E-state index is -0.178. The molecule has 1 aliphatic rings. The number of carbonyl (C=O) groups is 2. The van der Waals surface area contributed by atoms with Crippen LogP contribution in [-0.4, -0.2) is 23.3 Å². The molecule has 6 heteroatoms. The average molecular weight is 488 g/mol. The van der Waals surface area contributed by atoms with Gasteiger partial charge in [-0.25, -0.2) is 4.98 Å². The zero-order valence-corrected chi connectivity index (χ0v) is 20.4. The number of amides is 2. The van der Waals surface area contributed by atoms with Crippen LogP contribution in [-0.2, 0) is 13.0 Å². The second kappa shape index (κ2) is 9.39. The molecule has 0 unspecified atom stereocenters. The van der Waals surface area contributed by atoms with E-state index in [-0.39, 0.29) is 11.8 Å². The molecular formula is C31H25N3O3. The molecule has 6 rings (SSSR count). The Bertz CT molecular complexity index is 1640. The molecule has 0 atom stereocenters. The number of hydrogen-bond acceptors (Lipinski definition) is 4. The maximum absolute atomic E-state index is 13.3. The summed E-state index contributed by atoms with van der Waals surface area (Å²) >= 11 is 0. The lowest BCUT2D eigenvalue weighted by Gasteiger charge is -2.18. The predicted molar refractivity (Wildman–Crippen MR) is 144 cm³/mol. The molecule has 5 aromatic rings. The van der Waals surface area contributed by atoms with Crippen molar-refractivity contribution in [3.8, 4) is 11.5 Å². The number of nitrogens with zero attached hydrogens (tertiary/aromatic N) is 2. The average Bonchev–Trinajstić information content (AvgIpc) is 3.61. The van der Waals surface area contributed by atoms with E-state index in [1.165, 1.54) is 0 Å². The number of furan rings is 1. The molecule has 3 heterocycles. The van der Waals surface area contributed by atoms with Gasteiger partial charge in [0.2, 0.25) is 0 Å². The molecule has 1 aliphatic heterocycles. The summed E-state index contributed by atoms with van der Waals surface area (Å²) in [4.78, 5) is 32.9. The largest absolute Gasteiger partial charge is 0.463 e. The predicted octanol–water partition coefficient (Wildman–Crippen LogP) is 5.94. The van der Waals surface area contributed by atoms with Crippen LogP contribution in [0, 0.1) is 6.92 Å². The van der Waals surface area contributed by atoms with Gasteiger partial charge in [0, 0.05) is 29.7 Å². The van der Waals surface area contributed by atoms with E-state index in [1.807, 2.05) is 78.6 Å². The van der Waals surface area contributed by atoms with Gasteiger partial charge in [0.15, 0.2) is 5.76 Å². The summed E-state index contributed by atoms with van der Waals surface area (Å²) in [6.07, 6.45) is 2.38. The standard InChI is InChI=1S/C31H25N3O3/c1-20-6-4-7-23(16-20)31(36)34-14-13-22-17-21(11-12-28(22)34)19-32-30(35)25-18-27(29-10-5-15-37-29)33-26-9-3-2-8-24(25)26/h2-12,15-18H,13-14,19H2,1H3,(H,32,35). The Hall–Kier alpha value is -4.71. The number of anilines is 1. The molecule has 0 saturated carbocycles. The highest BCUT2D eigenvalue weighted by Gasteiger charge is 2.26. The molecule has 0 fully saturated rings. The van der Waals surface area contributed by atoms with Gasteiger partial charge in [-0.2, -0.15) is 0 Å². The second-order valence-electron chi connectivity index (χ2n) is 9.27. The van der Waals surface area contributed by atoms with E-state index in [0.29, 0.717) is 35.7 Å². The molecule has 6 nitrogen and oxygen atoms in total. The van der Waals surface area contributed by atoms with Gasteiger partial charge in [0.1, 0.15) is 5.69 Å². The van der Waals surface area contributed by atoms with Crippen molar-refractivity contribution in [3.05, 3.63) is 119 Å². The number of rotatable bonds is 5. The first-order valence-corrected chi connectivity index (χ1v) is 12.3. The lowest BCUT2D eigenvalue weighted by Crippen LogP contribution is -2.28. The number of para-hydroxylation sites is 1.